The van der Waals surface area contributed by atoms with Crippen molar-refractivity contribution in [3.8, 4) is 22.0 Å². The van der Waals surface area contributed by atoms with Crippen LogP contribution in [-0.2, 0) is 6.54 Å². The van der Waals surface area contributed by atoms with Gasteiger partial charge in [-0.15, -0.1) is 11.3 Å². The Bertz CT molecular complexity index is 996. The van der Waals surface area contributed by atoms with Crippen LogP contribution in [0.15, 0.2) is 77.5 Å². The highest BCUT2D eigenvalue weighted by atomic mass is 32.1. The molecule has 0 atom stereocenters. The number of nitrogens with one attached hydrogen (secondary N) is 1. The maximum Gasteiger partial charge on any atom is 0.264 e. The fourth-order valence-electron chi connectivity index (χ4n) is 2.53. The van der Waals surface area contributed by atoms with E-state index in [0.717, 1.165) is 11.3 Å². The van der Waals surface area contributed by atoms with Crippen LogP contribution in [0.3, 0.4) is 0 Å². The number of amides is 1. The number of nitrogens with zero attached hydrogens (tertiary/aromatic N) is 2. The van der Waals surface area contributed by atoms with Crippen molar-refractivity contribution in [3.05, 3.63) is 83.7 Å². The van der Waals surface area contributed by atoms with Gasteiger partial charge in [0.25, 0.3) is 5.91 Å². The van der Waals surface area contributed by atoms with Crippen molar-refractivity contribution in [2.75, 3.05) is 0 Å². The Balaban J connectivity index is 1.66. The average molecular weight is 361 g/mol. The van der Waals surface area contributed by atoms with E-state index in [4.69, 9.17) is 4.42 Å². The zero-order valence-electron chi connectivity index (χ0n) is 13.8. The molecule has 0 aliphatic heterocycles. The average Bonchev–Trinajstić information content (AvgIpc) is 3.37. The second-order valence-corrected chi connectivity index (χ2v) is 6.54. The molecule has 0 spiro atoms. The Morgan fingerprint density at radius 3 is 2.62 bits per heavy atom. The molecule has 1 N–H and O–H groups in total. The van der Waals surface area contributed by atoms with Crippen LogP contribution in [0.5, 0.6) is 0 Å². The van der Waals surface area contributed by atoms with Crippen LogP contribution in [0.4, 0.5) is 0 Å². The van der Waals surface area contributed by atoms with Crippen LogP contribution in [0.2, 0.25) is 0 Å². The lowest BCUT2D eigenvalue weighted by Gasteiger charge is -2.05. The third-order valence-corrected chi connectivity index (χ3v) is 4.84. The minimum absolute atomic E-state index is 0.176. The first-order valence-corrected chi connectivity index (χ1v) is 8.91. The normalized spacial score (nSPS) is 10.6. The number of benzene rings is 1. The second-order valence-electron chi connectivity index (χ2n) is 5.54. The molecule has 26 heavy (non-hydrogen) atoms. The number of rotatable bonds is 5. The van der Waals surface area contributed by atoms with Crippen LogP contribution in [0.1, 0.15) is 15.4 Å². The topological polar surface area (TPSA) is 68.0 Å². The van der Waals surface area contributed by atoms with Gasteiger partial charge in [0.1, 0.15) is 4.88 Å². The fourth-order valence-corrected chi connectivity index (χ4v) is 3.50. The van der Waals surface area contributed by atoms with Crippen molar-refractivity contribution in [1.82, 2.24) is 15.3 Å². The summed E-state index contributed by atoms with van der Waals surface area (Å²) in [5.41, 5.74) is 2.35. The largest absolute Gasteiger partial charge is 0.462 e. The van der Waals surface area contributed by atoms with Crippen LogP contribution >= 0.6 is 11.3 Å². The van der Waals surface area contributed by atoms with Crippen molar-refractivity contribution in [2.45, 2.75) is 6.54 Å². The highest BCUT2D eigenvalue weighted by Crippen LogP contribution is 2.34. The maximum absolute atomic E-state index is 12.8. The van der Waals surface area contributed by atoms with E-state index in [0.29, 0.717) is 27.9 Å². The van der Waals surface area contributed by atoms with Crippen LogP contribution < -0.4 is 5.32 Å². The molecule has 1 amide bonds. The van der Waals surface area contributed by atoms with E-state index < -0.39 is 0 Å². The molecule has 0 aliphatic rings. The van der Waals surface area contributed by atoms with Gasteiger partial charge >= 0.3 is 0 Å². The lowest BCUT2D eigenvalue weighted by atomic mass is 10.1. The van der Waals surface area contributed by atoms with Gasteiger partial charge < -0.3 is 9.73 Å². The molecule has 3 heterocycles. The minimum Gasteiger partial charge on any atom is -0.462 e. The molecule has 1 aromatic carbocycles. The highest BCUT2D eigenvalue weighted by molar-refractivity contribution is 7.17. The molecule has 0 unspecified atom stereocenters. The number of thiazole rings is 1. The van der Waals surface area contributed by atoms with Crippen molar-refractivity contribution >= 4 is 17.2 Å². The molecule has 0 saturated carbocycles. The fraction of sp³-hybridized carbons (Fsp3) is 0.0500. The Morgan fingerprint density at radius 1 is 1.04 bits per heavy atom. The zero-order chi connectivity index (χ0) is 17.8. The Labute approximate surface area is 154 Å². The third kappa shape index (κ3) is 3.41. The summed E-state index contributed by atoms with van der Waals surface area (Å²) in [6.07, 6.45) is 3.30. The lowest BCUT2D eigenvalue weighted by molar-refractivity contribution is 0.0955. The van der Waals surface area contributed by atoms with Gasteiger partial charge in [-0.25, -0.2) is 4.98 Å². The van der Waals surface area contributed by atoms with Crippen LogP contribution in [0, 0.1) is 0 Å². The first kappa shape index (κ1) is 16.2. The molecule has 0 aliphatic carbocycles. The predicted molar refractivity (Wildman–Crippen MR) is 101 cm³/mol. The minimum atomic E-state index is -0.176. The summed E-state index contributed by atoms with van der Waals surface area (Å²) in [5, 5.41) is 3.60. The molecular formula is C20H15N3O2S. The zero-order valence-corrected chi connectivity index (χ0v) is 14.6. The van der Waals surface area contributed by atoms with Gasteiger partial charge in [-0.05, 0) is 24.3 Å². The van der Waals surface area contributed by atoms with Crippen molar-refractivity contribution in [1.29, 1.82) is 0 Å². The molecule has 0 fully saturated rings. The van der Waals surface area contributed by atoms with Crippen LogP contribution in [-0.4, -0.2) is 15.9 Å². The molecule has 4 rings (SSSR count). The smallest absolute Gasteiger partial charge is 0.264 e. The number of carbonyl (C=O) groups excluding carboxylic acids is 1. The quantitative estimate of drug-likeness (QED) is 0.572. The van der Waals surface area contributed by atoms with E-state index in [2.05, 4.69) is 15.3 Å². The molecular weight excluding hydrogens is 346 g/mol. The van der Waals surface area contributed by atoms with Crippen molar-refractivity contribution in [2.24, 2.45) is 0 Å². The van der Waals surface area contributed by atoms with Gasteiger partial charge in [0, 0.05) is 11.8 Å². The third-order valence-electron chi connectivity index (χ3n) is 3.77. The van der Waals surface area contributed by atoms with Gasteiger partial charge in [0.2, 0.25) is 0 Å². The Morgan fingerprint density at radius 2 is 1.88 bits per heavy atom. The Hall–Kier alpha value is -3.25. The molecule has 0 bridgehead atoms. The van der Waals surface area contributed by atoms with Gasteiger partial charge in [-0.1, -0.05) is 36.4 Å². The number of furan rings is 1. The molecule has 5 nitrogen and oxygen atoms in total. The molecule has 128 valence electrons. The van der Waals surface area contributed by atoms with Gasteiger partial charge in [0.05, 0.1) is 24.2 Å². The SMILES string of the molecule is O=C(NCc1ccccn1)c1sc(-c2ccco2)nc1-c1ccccc1. The number of pyridine rings is 1. The molecule has 0 saturated heterocycles. The summed E-state index contributed by atoms with van der Waals surface area (Å²) in [4.78, 5) is 22.2. The second kappa shape index (κ2) is 7.33. The first-order chi connectivity index (χ1) is 12.8. The monoisotopic (exact) mass is 361 g/mol. The standard InChI is InChI=1S/C20H15N3O2S/c24-19(22-13-15-9-4-5-11-21-15)18-17(14-7-2-1-3-8-14)23-20(26-18)16-10-6-12-25-16/h1-12H,13H2,(H,22,24). The Kier molecular flexibility index (Phi) is 4.57. The van der Waals surface area contributed by atoms with E-state index in [1.54, 1.807) is 18.5 Å². The highest BCUT2D eigenvalue weighted by Gasteiger charge is 2.21. The number of aromatic nitrogens is 2. The van der Waals surface area contributed by atoms with Crippen molar-refractivity contribution in [3.63, 3.8) is 0 Å². The summed E-state index contributed by atoms with van der Waals surface area (Å²) in [5.74, 6) is 0.473. The van der Waals surface area contributed by atoms with Gasteiger partial charge in [0.15, 0.2) is 10.8 Å². The van der Waals surface area contributed by atoms with Crippen LogP contribution in [0.25, 0.3) is 22.0 Å². The van der Waals surface area contributed by atoms with E-state index >= 15 is 0 Å². The molecule has 4 aromatic rings. The lowest BCUT2D eigenvalue weighted by Crippen LogP contribution is -2.22. The van der Waals surface area contributed by atoms with E-state index in [1.165, 1.54) is 11.3 Å². The molecule has 6 heteroatoms. The first-order valence-electron chi connectivity index (χ1n) is 8.09. The van der Waals surface area contributed by atoms with Gasteiger partial charge in [-0.3, -0.25) is 9.78 Å². The van der Waals surface area contributed by atoms with E-state index in [9.17, 15) is 4.79 Å². The summed E-state index contributed by atoms with van der Waals surface area (Å²) in [6, 6.07) is 18.9. The predicted octanol–water partition coefficient (Wildman–Crippen LogP) is 4.40. The molecule has 0 radical (unpaired) electrons. The number of hydrogen-bond donors (Lipinski definition) is 1. The van der Waals surface area contributed by atoms with E-state index in [1.807, 2.05) is 54.6 Å². The molecule has 3 aromatic heterocycles. The summed E-state index contributed by atoms with van der Waals surface area (Å²) < 4.78 is 5.44. The van der Waals surface area contributed by atoms with Gasteiger partial charge in [-0.2, -0.15) is 0 Å². The summed E-state index contributed by atoms with van der Waals surface area (Å²) in [6.45, 7) is 0.363. The van der Waals surface area contributed by atoms with E-state index in [-0.39, 0.29) is 5.91 Å². The summed E-state index contributed by atoms with van der Waals surface area (Å²) in [7, 11) is 0. The number of hydrogen-bond acceptors (Lipinski definition) is 5. The maximum atomic E-state index is 12.8. The number of carbonyl (C=O) groups is 1. The van der Waals surface area contributed by atoms with Crippen molar-refractivity contribution < 1.29 is 9.21 Å². The summed E-state index contributed by atoms with van der Waals surface area (Å²) >= 11 is 1.32.